The number of carboxylic acid groups (broad SMARTS) is 1. The molecule has 0 saturated heterocycles. The lowest BCUT2D eigenvalue weighted by molar-refractivity contribution is -0.167. The summed E-state index contributed by atoms with van der Waals surface area (Å²) < 4.78 is 0. The molecule has 5 unspecified atom stereocenters. The minimum Gasteiger partial charge on any atom is -0.481 e. The summed E-state index contributed by atoms with van der Waals surface area (Å²) in [6.45, 7) is 11.7. The number of hydrogen-bond donors (Lipinski definition) is 1. The Bertz CT molecular complexity index is 518. The summed E-state index contributed by atoms with van der Waals surface area (Å²) in [6.07, 6.45) is 9.49. The van der Waals surface area contributed by atoms with Crippen molar-refractivity contribution in [3.05, 3.63) is 11.6 Å². The molecule has 22 heavy (non-hydrogen) atoms. The molecule has 0 radical (unpaired) electrons. The fourth-order valence-electron chi connectivity index (χ4n) is 6.99. The van der Waals surface area contributed by atoms with E-state index < -0.39 is 5.97 Å². The Kier molecular flexibility index (Phi) is 3.55. The first-order valence-corrected chi connectivity index (χ1v) is 9.02. The first-order valence-electron chi connectivity index (χ1n) is 9.02. The van der Waals surface area contributed by atoms with Gasteiger partial charge in [0, 0.05) is 0 Å². The predicted molar refractivity (Wildman–Crippen MR) is 89.6 cm³/mol. The summed E-state index contributed by atoms with van der Waals surface area (Å²) >= 11 is 0. The largest absolute Gasteiger partial charge is 0.481 e. The van der Waals surface area contributed by atoms with Gasteiger partial charge in [0.2, 0.25) is 0 Å². The van der Waals surface area contributed by atoms with E-state index in [2.05, 4.69) is 33.8 Å². The number of allylic oxidation sites excluding steroid dienone is 1. The minimum absolute atomic E-state index is 0.0661. The van der Waals surface area contributed by atoms with Gasteiger partial charge >= 0.3 is 5.97 Å². The molecule has 3 rings (SSSR count). The lowest BCUT2D eigenvalue weighted by atomic mass is 9.40. The van der Waals surface area contributed by atoms with Crippen LogP contribution in [0.1, 0.15) is 73.1 Å². The van der Waals surface area contributed by atoms with E-state index in [-0.39, 0.29) is 11.3 Å². The van der Waals surface area contributed by atoms with Crippen LogP contribution < -0.4 is 0 Å². The third-order valence-corrected chi connectivity index (χ3v) is 7.88. The first kappa shape index (κ1) is 16.1. The van der Waals surface area contributed by atoms with Crippen LogP contribution in [0, 0.1) is 34.0 Å². The topological polar surface area (TPSA) is 37.3 Å². The molecule has 2 nitrogen and oxygen atoms in total. The zero-order chi connectivity index (χ0) is 16.3. The SMILES string of the molecule is CC1=CCC2C(C)(CCC3C(C)(C)CCCC32C)C1C(=O)O. The molecular weight excluding hydrogens is 272 g/mol. The van der Waals surface area contributed by atoms with Crippen molar-refractivity contribution in [2.45, 2.75) is 73.1 Å². The van der Waals surface area contributed by atoms with Crippen molar-refractivity contribution in [1.29, 1.82) is 0 Å². The van der Waals surface area contributed by atoms with Gasteiger partial charge in [0.15, 0.2) is 0 Å². The van der Waals surface area contributed by atoms with Crippen LogP contribution >= 0.6 is 0 Å². The molecule has 2 fully saturated rings. The van der Waals surface area contributed by atoms with Crippen LogP contribution in [0.3, 0.4) is 0 Å². The molecule has 1 N–H and O–H groups in total. The molecule has 2 saturated carbocycles. The lowest BCUT2D eigenvalue weighted by Gasteiger charge is -2.64. The second-order valence-corrected chi connectivity index (χ2v) is 9.45. The minimum atomic E-state index is -0.613. The van der Waals surface area contributed by atoms with Crippen molar-refractivity contribution >= 4 is 5.97 Å². The zero-order valence-corrected chi connectivity index (χ0v) is 14.9. The Labute approximate surface area is 135 Å². The Morgan fingerprint density at radius 1 is 1.09 bits per heavy atom. The average molecular weight is 304 g/mol. The second kappa shape index (κ2) is 4.85. The fraction of sp³-hybridized carbons (Fsp3) is 0.850. The van der Waals surface area contributed by atoms with Gasteiger partial charge in [-0.15, -0.1) is 0 Å². The number of aliphatic carboxylic acids is 1. The maximum atomic E-state index is 12.0. The number of hydrogen-bond acceptors (Lipinski definition) is 1. The van der Waals surface area contributed by atoms with Crippen LogP contribution in [-0.2, 0) is 4.79 Å². The molecule has 0 aromatic carbocycles. The molecule has 3 aliphatic rings. The van der Waals surface area contributed by atoms with Gasteiger partial charge < -0.3 is 5.11 Å². The van der Waals surface area contributed by atoms with Crippen molar-refractivity contribution in [1.82, 2.24) is 0 Å². The monoisotopic (exact) mass is 304 g/mol. The van der Waals surface area contributed by atoms with E-state index in [9.17, 15) is 9.90 Å². The van der Waals surface area contributed by atoms with E-state index in [1.165, 1.54) is 25.7 Å². The van der Waals surface area contributed by atoms with E-state index in [0.717, 1.165) is 24.3 Å². The summed E-state index contributed by atoms with van der Waals surface area (Å²) in [4.78, 5) is 12.0. The van der Waals surface area contributed by atoms with Gasteiger partial charge in [0.1, 0.15) is 0 Å². The molecule has 0 heterocycles. The van der Waals surface area contributed by atoms with Crippen LogP contribution in [0.2, 0.25) is 0 Å². The zero-order valence-electron chi connectivity index (χ0n) is 14.9. The van der Waals surface area contributed by atoms with Crippen molar-refractivity contribution in [2.75, 3.05) is 0 Å². The van der Waals surface area contributed by atoms with Crippen LogP contribution in [0.5, 0.6) is 0 Å². The van der Waals surface area contributed by atoms with Gasteiger partial charge in [-0.3, -0.25) is 4.79 Å². The van der Waals surface area contributed by atoms with Gasteiger partial charge in [-0.2, -0.15) is 0 Å². The lowest BCUT2D eigenvalue weighted by Crippen LogP contribution is -2.58. The highest BCUT2D eigenvalue weighted by Crippen LogP contribution is 2.68. The van der Waals surface area contributed by atoms with E-state index in [1.54, 1.807) is 0 Å². The quantitative estimate of drug-likeness (QED) is 0.669. The molecule has 5 atom stereocenters. The molecule has 3 aliphatic carbocycles. The second-order valence-electron chi connectivity index (χ2n) is 9.45. The molecule has 0 bridgehead atoms. The van der Waals surface area contributed by atoms with Gasteiger partial charge in [0.25, 0.3) is 0 Å². The summed E-state index contributed by atoms with van der Waals surface area (Å²) in [5.74, 6) is 0.364. The van der Waals surface area contributed by atoms with Crippen molar-refractivity contribution in [3.63, 3.8) is 0 Å². The molecule has 124 valence electrons. The molecule has 0 amide bonds. The summed E-state index contributed by atoms with van der Waals surface area (Å²) in [5, 5.41) is 9.85. The van der Waals surface area contributed by atoms with Crippen molar-refractivity contribution < 1.29 is 9.90 Å². The molecule has 0 aliphatic heterocycles. The fourth-order valence-corrected chi connectivity index (χ4v) is 6.99. The van der Waals surface area contributed by atoms with Crippen LogP contribution in [0.25, 0.3) is 0 Å². The van der Waals surface area contributed by atoms with Gasteiger partial charge in [-0.25, -0.2) is 0 Å². The van der Waals surface area contributed by atoms with Gasteiger partial charge in [0.05, 0.1) is 5.92 Å². The average Bonchev–Trinajstić information content (AvgIpc) is 2.35. The summed E-state index contributed by atoms with van der Waals surface area (Å²) in [6, 6.07) is 0. The summed E-state index contributed by atoms with van der Waals surface area (Å²) in [7, 11) is 0. The standard InChI is InChI=1S/C20H32O2/c1-13-7-8-15-19(4)11-6-10-18(2,3)14(19)9-12-20(15,5)16(13)17(21)22/h7,14-16H,6,8-12H2,1-5H3,(H,21,22). The molecule has 0 aromatic rings. The van der Waals surface area contributed by atoms with Gasteiger partial charge in [-0.1, -0.05) is 45.8 Å². The van der Waals surface area contributed by atoms with Gasteiger partial charge in [-0.05, 0) is 67.1 Å². The first-order chi connectivity index (χ1) is 10.1. The Hall–Kier alpha value is -0.790. The highest BCUT2D eigenvalue weighted by molar-refractivity contribution is 5.75. The normalized spacial score (nSPS) is 47.1. The highest BCUT2D eigenvalue weighted by atomic mass is 16.4. The predicted octanol–water partition coefficient (Wildman–Crippen LogP) is 5.29. The maximum absolute atomic E-state index is 12.0. The number of rotatable bonds is 1. The Morgan fingerprint density at radius 3 is 2.41 bits per heavy atom. The third-order valence-electron chi connectivity index (χ3n) is 7.88. The van der Waals surface area contributed by atoms with Crippen molar-refractivity contribution in [2.24, 2.45) is 34.0 Å². The van der Waals surface area contributed by atoms with Crippen LogP contribution in [0.4, 0.5) is 0 Å². The molecular formula is C20H32O2. The van der Waals surface area contributed by atoms with E-state index in [4.69, 9.17) is 0 Å². The maximum Gasteiger partial charge on any atom is 0.311 e. The number of carboxylic acids is 1. The van der Waals surface area contributed by atoms with E-state index >= 15 is 0 Å². The Morgan fingerprint density at radius 2 is 1.77 bits per heavy atom. The van der Waals surface area contributed by atoms with Crippen LogP contribution in [-0.4, -0.2) is 11.1 Å². The Balaban J connectivity index is 2.06. The third kappa shape index (κ3) is 2.02. The highest BCUT2D eigenvalue weighted by Gasteiger charge is 2.61. The van der Waals surface area contributed by atoms with Crippen LogP contribution in [0.15, 0.2) is 11.6 Å². The molecule has 0 spiro atoms. The van der Waals surface area contributed by atoms with Crippen molar-refractivity contribution in [3.8, 4) is 0 Å². The van der Waals surface area contributed by atoms with E-state index in [0.29, 0.717) is 16.7 Å². The molecule has 2 heteroatoms. The van der Waals surface area contributed by atoms with E-state index in [1.807, 2.05) is 6.92 Å². The smallest absolute Gasteiger partial charge is 0.311 e. The molecule has 0 aromatic heterocycles. The number of carbonyl (C=O) groups is 1. The number of fused-ring (bicyclic) bond motifs is 3. The summed E-state index contributed by atoms with van der Waals surface area (Å²) in [5.41, 5.74) is 1.73.